The van der Waals surface area contributed by atoms with Crippen molar-refractivity contribution in [2.75, 3.05) is 5.75 Å². The smallest absolute Gasteiger partial charge is 0.182 e. The summed E-state index contributed by atoms with van der Waals surface area (Å²) in [7, 11) is -3.64. The molecule has 3 N–H and O–H groups in total. The first-order valence-corrected chi connectivity index (χ1v) is 11.1. The molecule has 1 aromatic carbocycles. The molecule has 1 saturated carbocycles. The van der Waals surface area contributed by atoms with E-state index < -0.39 is 39.5 Å². The fraction of sp³-hybridized carbons (Fsp3) is 0.619. The van der Waals surface area contributed by atoms with Crippen LogP contribution in [0.1, 0.15) is 40.5 Å². The van der Waals surface area contributed by atoms with Crippen LogP contribution in [0.2, 0.25) is 0 Å². The lowest BCUT2D eigenvalue weighted by Gasteiger charge is -2.59. The highest BCUT2D eigenvalue weighted by Gasteiger charge is 2.60. The molecule has 0 aromatic heterocycles. The first-order chi connectivity index (χ1) is 12.4. The Labute approximate surface area is 161 Å². The Morgan fingerprint density at radius 2 is 1.67 bits per heavy atom. The predicted octanol–water partition coefficient (Wildman–Crippen LogP) is 2.32. The Balaban J connectivity index is 2.15. The van der Waals surface area contributed by atoms with Gasteiger partial charge in [-0.25, -0.2) is 8.42 Å². The van der Waals surface area contributed by atoms with Gasteiger partial charge in [0, 0.05) is 11.3 Å². The zero-order valence-electron chi connectivity index (χ0n) is 16.4. The summed E-state index contributed by atoms with van der Waals surface area (Å²) in [5, 5.41) is 32.5. The molecule has 0 spiro atoms. The van der Waals surface area contributed by atoms with Crippen molar-refractivity contribution in [1.29, 1.82) is 0 Å². The number of benzene rings is 1. The van der Waals surface area contributed by atoms with Gasteiger partial charge in [-0.2, -0.15) is 0 Å². The molecule has 6 heteroatoms. The maximum atomic E-state index is 13.1. The molecular weight excluding hydrogens is 364 g/mol. The quantitative estimate of drug-likeness (QED) is 0.684. The van der Waals surface area contributed by atoms with E-state index >= 15 is 0 Å². The normalized spacial score (nSPS) is 36.4. The number of hydrogen-bond acceptors (Lipinski definition) is 5. The van der Waals surface area contributed by atoms with Crippen molar-refractivity contribution in [1.82, 2.24) is 0 Å². The molecule has 0 aliphatic heterocycles. The van der Waals surface area contributed by atoms with E-state index in [1.54, 1.807) is 37.3 Å². The van der Waals surface area contributed by atoms with Gasteiger partial charge in [-0.1, -0.05) is 39.0 Å². The number of fused-ring (bicyclic) bond motifs is 1. The van der Waals surface area contributed by atoms with E-state index in [0.717, 1.165) is 0 Å². The van der Waals surface area contributed by atoms with Crippen LogP contribution in [0.15, 0.2) is 46.4 Å². The van der Waals surface area contributed by atoms with E-state index in [2.05, 4.69) is 0 Å². The summed E-state index contributed by atoms with van der Waals surface area (Å²) in [6, 6.07) is 8.23. The van der Waals surface area contributed by atoms with Crippen molar-refractivity contribution in [2.45, 2.75) is 63.7 Å². The molecule has 150 valence electrons. The number of aliphatic hydroxyl groups excluding tert-OH is 3. The third kappa shape index (κ3) is 3.16. The highest BCUT2D eigenvalue weighted by Crippen LogP contribution is 2.59. The Hall–Kier alpha value is -1.21. The lowest BCUT2D eigenvalue weighted by atomic mass is 9.48. The van der Waals surface area contributed by atoms with Gasteiger partial charge < -0.3 is 15.3 Å². The molecule has 1 aromatic rings. The van der Waals surface area contributed by atoms with Gasteiger partial charge in [-0.15, -0.1) is 0 Å². The molecule has 27 heavy (non-hydrogen) atoms. The van der Waals surface area contributed by atoms with Crippen molar-refractivity contribution in [3.05, 3.63) is 41.5 Å². The number of aliphatic hydroxyl groups is 3. The van der Waals surface area contributed by atoms with Crippen molar-refractivity contribution < 1.29 is 23.7 Å². The van der Waals surface area contributed by atoms with E-state index in [0.29, 0.717) is 24.0 Å². The second-order valence-electron chi connectivity index (χ2n) is 8.97. The fourth-order valence-corrected chi connectivity index (χ4v) is 7.06. The van der Waals surface area contributed by atoms with Crippen LogP contribution in [-0.2, 0) is 9.84 Å². The molecule has 0 radical (unpaired) electrons. The molecular formula is C21H30O5S. The molecule has 1 fully saturated rings. The van der Waals surface area contributed by atoms with E-state index in [1.807, 2.05) is 20.8 Å². The summed E-state index contributed by atoms with van der Waals surface area (Å²) in [5.74, 6) is -0.708. The first-order valence-electron chi connectivity index (χ1n) is 9.45. The zero-order valence-corrected chi connectivity index (χ0v) is 17.2. The molecule has 5 atom stereocenters. The minimum absolute atomic E-state index is 0.218. The molecule has 0 amide bonds. The lowest BCUT2D eigenvalue weighted by Crippen LogP contribution is -2.62. The first kappa shape index (κ1) is 20.5. The van der Waals surface area contributed by atoms with Crippen molar-refractivity contribution >= 4 is 9.84 Å². The summed E-state index contributed by atoms with van der Waals surface area (Å²) < 4.78 is 26.1. The standard InChI is InChI=1S/C21H30O5S/c1-13-15(12-27(25,26)14-8-6-5-7-9-14)21(4)16(22)10-11-20(2,3)19(21)18(24)17(13)23/h5-9,16-19,22-24H,10-12H2,1-4H3/t16-,17+,18+,19-,21-/m0/s1. The monoisotopic (exact) mass is 394 g/mol. The van der Waals surface area contributed by atoms with Gasteiger partial charge in [0.25, 0.3) is 0 Å². The summed E-state index contributed by atoms with van der Waals surface area (Å²) >= 11 is 0. The average Bonchev–Trinajstić information content (AvgIpc) is 2.61. The summed E-state index contributed by atoms with van der Waals surface area (Å²) in [6.45, 7) is 7.54. The van der Waals surface area contributed by atoms with Crippen LogP contribution in [0.25, 0.3) is 0 Å². The highest BCUT2D eigenvalue weighted by atomic mass is 32.2. The van der Waals surface area contributed by atoms with Crippen LogP contribution >= 0.6 is 0 Å². The minimum Gasteiger partial charge on any atom is -0.392 e. The molecule has 2 aliphatic rings. The van der Waals surface area contributed by atoms with Crippen molar-refractivity contribution in [3.63, 3.8) is 0 Å². The summed E-state index contributed by atoms with van der Waals surface area (Å²) in [5.41, 5.74) is -0.254. The average molecular weight is 395 g/mol. The fourth-order valence-electron chi connectivity index (χ4n) is 5.40. The number of sulfone groups is 1. The molecule has 0 unspecified atom stereocenters. The SMILES string of the molecule is CC1=C(CS(=O)(=O)c2ccccc2)[C@@]2(C)[C@@H](O)CCC(C)(C)[C@@H]2[C@H](O)[C@@H]1O. The van der Waals surface area contributed by atoms with Crippen molar-refractivity contribution in [3.8, 4) is 0 Å². The summed E-state index contributed by atoms with van der Waals surface area (Å²) in [4.78, 5) is 0.218. The molecule has 3 rings (SSSR count). The number of hydrogen-bond donors (Lipinski definition) is 3. The zero-order chi connectivity index (χ0) is 20.2. The second-order valence-corrected chi connectivity index (χ2v) is 11.0. The summed E-state index contributed by atoms with van der Waals surface area (Å²) in [6.07, 6.45) is -1.70. The molecule has 2 aliphatic carbocycles. The lowest BCUT2D eigenvalue weighted by molar-refractivity contribution is -0.157. The van der Waals surface area contributed by atoms with Crippen LogP contribution in [0, 0.1) is 16.7 Å². The molecule has 5 nitrogen and oxygen atoms in total. The Kier molecular flexibility index (Phi) is 5.09. The van der Waals surface area contributed by atoms with E-state index in [-0.39, 0.29) is 16.1 Å². The molecule has 0 heterocycles. The van der Waals surface area contributed by atoms with Gasteiger partial charge in [0.2, 0.25) is 0 Å². The molecule has 0 bridgehead atoms. The minimum atomic E-state index is -3.64. The number of rotatable bonds is 3. The van der Waals surface area contributed by atoms with Gasteiger partial charge in [-0.05, 0) is 48.5 Å². The predicted molar refractivity (Wildman–Crippen MR) is 104 cm³/mol. The van der Waals surface area contributed by atoms with Crippen molar-refractivity contribution in [2.24, 2.45) is 16.7 Å². The Morgan fingerprint density at radius 1 is 1.07 bits per heavy atom. The van der Waals surface area contributed by atoms with Crippen LogP contribution in [0.5, 0.6) is 0 Å². The van der Waals surface area contributed by atoms with Gasteiger partial charge in [0.05, 0.1) is 22.9 Å². The largest absolute Gasteiger partial charge is 0.392 e. The van der Waals surface area contributed by atoms with Gasteiger partial charge in [0.15, 0.2) is 9.84 Å². The highest BCUT2D eigenvalue weighted by molar-refractivity contribution is 7.91. The molecule has 0 saturated heterocycles. The van der Waals surface area contributed by atoms with E-state index in [1.165, 1.54) is 0 Å². The van der Waals surface area contributed by atoms with Gasteiger partial charge in [0.1, 0.15) is 6.10 Å². The Morgan fingerprint density at radius 3 is 2.26 bits per heavy atom. The Bertz CT molecular complexity index is 843. The second kappa shape index (κ2) is 6.69. The maximum Gasteiger partial charge on any atom is 0.182 e. The topological polar surface area (TPSA) is 94.8 Å². The third-order valence-corrected chi connectivity index (χ3v) is 8.57. The van der Waals surface area contributed by atoms with Gasteiger partial charge >= 0.3 is 0 Å². The van der Waals surface area contributed by atoms with E-state index in [4.69, 9.17) is 0 Å². The van der Waals surface area contributed by atoms with Crippen LogP contribution in [0.3, 0.4) is 0 Å². The van der Waals surface area contributed by atoms with Crippen LogP contribution in [-0.4, -0.2) is 47.8 Å². The van der Waals surface area contributed by atoms with Gasteiger partial charge in [-0.3, -0.25) is 0 Å². The van der Waals surface area contributed by atoms with Crippen LogP contribution < -0.4 is 0 Å². The van der Waals surface area contributed by atoms with E-state index in [9.17, 15) is 23.7 Å². The van der Waals surface area contributed by atoms with Crippen LogP contribution in [0.4, 0.5) is 0 Å². The maximum absolute atomic E-state index is 13.1. The third-order valence-electron chi connectivity index (χ3n) is 6.91.